The quantitative estimate of drug-likeness (QED) is 0.635. The highest BCUT2D eigenvalue weighted by molar-refractivity contribution is 7.89. The van der Waals surface area contributed by atoms with Crippen molar-refractivity contribution in [1.29, 1.82) is 0 Å². The van der Waals surface area contributed by atoms with E-state index in [1.54, 1.807) is 48.5 Å². The Labute approximate surface area is 165 Å². The van der Waals surface area contributed by atoms with Gasteiger partial charge in [-0.3, -0.25) is 4.79 Å². The smallest absolute Gasteiger partial charge is 0.241 e. The molecule has 3 rings (SSSR count). The standard InChI is InChI=1S/C22H22N2O3S/c1-17-12-14-20(15-13-17)28(26,27)24-21(18-8-4-2-5-9-18)16-22(25)23-19-10-6-3-7-11-19/h2-15,21,24H,16H2,1H3,(H,23,25). The highest BCUT2D eigenvalue weighted by Gasteiger charge is 2.23. The Bertz CT molecular complexity index is 1020. The summed E-state index contributed by atoms with van der Waals surface area (Å²) in [6.45, 7) is 1.89. The van der Waals surface area contributed by atoms with Gasteiger partial charge in [-0.15, -0.1) is 0 Å². The van der Waals surface area contributed by atoms with E-state index in [0.29, 0.717) is 5.69 Å². The highest BCUT2D eigenvalue weighted by atomic mass is 32.2. The first kappa shape index (κ1) is 19.8. The molecule has 3 aromatic rings. The third-order valence-electron chi connectivity index (χ3n) is 4.28. The van der Waals surface area contributed by atoms with Gasteiger partial charge in [0.05, 0.1) is 10.9 Å². The molecule has 144 valence electrons. The van der Waals surface area contributed by atoms with Crippen LogP contribution < -0.4 is 10.0 Å². The molecule has 0 radical (unpaired) electrons. The summed E-state index contributed by atoms with van der Waals surface area (Å²) >= 11 is 0. The maximum atomic E-state index is 12.8. The topological polar surface area (TPSA) is 75.3 Å². The molecule has 0 bridgehead atoms. The SMILES string of the molecule is Cc1ccc(S(=O)(=O)NC(CC(=O)Nc2ccccc2)c2ccccc2)cc1. The van der Waals surface area contributed by atoms with Crippen LogP contribution >= 0.6 is 0 Å². The summed E-state index contributed by atoms with van der Waals surface area (Å²) in [6, 6.07) is 24.1. The van der Waals surface area contributed by atoms with Crippen LogP contribution in [0.4, 0.5) is 5.69 Å². The molecule has 2 N–H and O–H groups in total. The molecular weight excluding hydrogens is 372 g/mol. The predicted molar refractivity (Wildman–Crippen MR) is 110 cm³/mol. The fraction of sp³-hybridized carbons (Fsp3) is 0.136. The molecule has 0 aromatic heterocycles. The summed E-state index contributed by atoms with van der Waals surface area (Å²) in [7, 11) is -3.77. The number of hydrogen-bond donors (Lipinski definition) is 2. The number of nitrogens with one attached hydrogen (secondary N) is 2. The minimum atomic E-state index is -3.77. The molecule has 1 atom stereocenters. The summed E-state index contributed by atoms with van der Waals surface area (Å²) in [4.78, 5) is 12.7. The van der Waals surface area contributed by atoms with E-state index < -0.39 is 16.1 Å². The van der Waals surface area contributed by atoms with Crippen molar-refractivity contribution in [2.75, 3.05) is 5.32 Å². The molecule has 0 saturated carbocycles. The van der Waals surface area contributed by atoms with Crippen molar-refractivity contribution >= 4 is 21.6 Å². The maximum Gasteiger partial charge on any atom is 0.241 e. The largest absolute Gasteiger partial charge is 0.326 e. The van der Waals surface area contributed by atoms with E-state index in [1.807, 2.05) is 43.3 Å². The zero-order chi connectivity index (χ0) is 20.0. The number of carbonyl (C=O) groups is 1. The van der Waals surface area contributed by atoms with Gasteiger partial charge in [-0.25, -0.2) is 13.1 Å². The van der Waals surface area contributed by atoms with Gasteiger partial charge in [0, 0.05) is 12.1 Å². The molecule has 0 heterocycles. The first-order valence-electron chi connectivity index (χ1n) is 8.93. The Morgan fingerprint density at radius 3 is 2.04 bits per heavy atom. The fourth-order valence-corrected chi connectivity index (χ4v) is 4.03. The lowest BCUT2D eigenvalue weighted by atomic mass is 10.0. The van der Waals surface area contributed by atoms with E-state index in [0.717, 1.165) is 11.1 Å². The minimum absolute atomic E-state index is 0.0238. The number of rotatable bonds is 7. The minimum Gasteiger partial charge on any atom is -0.326 e. The van der Waals surface area contributed by atoms with Gasteiger partial charge < -0.3 is 5.32 Å². The second kappa shape index (κ2) is 8.82. The number of benzene rings is 3. The van der Waals surface area contributed by atoms with Gasteiger partial charge in [-0.1, -0.05) is 66.2 Å². The summed E-state index contributed by atoms with van der Waals surface area (Å²) < 4.78 is 28.3. The van der Waals surface area contributed by atoms with Crippen LogP contribution in [0.5, 0.6) is 0 Å². The summed E-state index contributed by atoms with van der Waals surface area (Å²) in [5.41, 5.74) is 2.36. The third-order valence-corrected chi connectivity index (χ3v) is 5.77. The second-order valence-corrected chi connectivity index (χ2v) is 8.23. The van der Waals surface area contributed by atoms with Crippen LogP contribution in [-0.4, -0.2) is 14.3 Å². The van der Waals surface area contributed by atoms with E-state index in [-0.39, 0.29) is 17.2 Å². The Balaban J connectivity index is 1.81. The number of para-hydroxylation sites is 1. The molecule has 5 nitrogen and oxygen atoms in total. The molecule has 0 aliphatic heterocycles. The van der Waals surface area contributed by atoms with E-state index in [2.05, 4.69) is 10.0 Å². The first-order valence-corrected chi connectivity index (χ1v) is 10.4. The van der Waals surface area contributed by atoms with Crippen LogP contribution in [0, 0.1) is 6.92 Å². The number of anilines is 1. The average molecular weight is 394 g/mol. The lowest BCUT2D eigenvalue weighted by Crippen LogP contribution is -2.31. The number of carbonyl (C=O) groups excluding carboxylic acids is 1. The predicted octanol–water partition coefficient (Wildman–Crippen LogP) is 4.04. The van der Waals surface area contributed by atoms with Gasteiger partial charge in [0.1, 0.15) is 0 Å². The van der Waals surface area contributed by atoms with Crippen LogP contribution in [-0.2, 0) is 14.8 Å². The zero-order valence-corrected chi connectivity index (χ0v) is 16.3. The molecule has 0 saturated heterocycles. The Morgan fingerprint density at radius 1 is 0.857 bits per heavy atom. The van der Waals surface area contributed by atoms with Crippen LogP contribution in [0.25, 0.3) is 0 Å². The molecule has 0 fully saturated rings. The number of aryl methyl sites for hydroxylation is 1. The van der Waals surface area contributed by atoms with Gasteiger partial charge >= 0.3 is 0 Å². The van der Waals surface area contributed by atoms with Gasteiger partial charge in [0.15, 0.2) is 0 Å². The summed E-state index contributed by atoms with van der Waals surface area (Å²) in [6.07, 6.45) is -0.0238. The normalized spacial score (nSPS) is 12.3. The van der Waals surface area contributed by atoms with E-state index in [4.69, 9.17) is 0 Å². The van der Waals surface area contributed by atoms with Crippen molar-refractivity contribution in [3.63, 3.8) is 0 Å². The van der Waals surface area contributed by atoms with Gasteiger partial charge in [-0.05, 0) is 36.8 Å². The monoisotopic (exact) mass is 394 g/mol. The van der Waals surface area contributed by atoms with Crippen molar-refractivity contribution in [1.82, 2.24) is 4.72 Å². The molecular formula is C22H22N2O3S. The van der Waals surface area contributed by atoms with E-state index in [1.165, 1.54) is 0 Å². The number of hydrogen-bond acceptors (Lipinski definition) is 3. The number of amides is 1. The van der Waals surface area contributed by atoms with Crippen LogP contribution in [0.3, 0.4) is 0 Å². The molecule has 6 heteroatoms. The summed E-state index contributed by atoms with van der Waals surface area (Å²) in [5, 5.41) is 2.80. The zero-order valence-electron chi connectivity index (χ0n) is 15.5. The summed E-state index contributed by atoms with van der Waals surface area (Å²) in [5.74, 6) is -0.272. The second-order valence-electron chi connectivity index (χ2n) is 6.52. The molecule has 0 aliphatic carbocycles. The van der Waals surface area contributed by atoms with Crippen molar-refractivity contribution in [2.24, 2.45) is 0 Å². The van der Waals surface area contributed by atoms with Crippen LogP contribution in [0.2, 0.25) is 0 Å². The fourth-order valence-electron chi connectivity index (χ4n) is 2.80. The Morgan fingerprint density at radius 2 is 1.43 bits per heavy atom. The highest BCUT2D eigenvalue weighted by Crippen LogP contribution is 2.21. The average Bonchev–Trinajstić information content (AvgIpc) is 2.69. The molecule has 28 heavy (non-hydrogen) atoms. The van der Waals surface area contributed by atoms with E-state index >= 15 is 0 Å². The Hall–Kier alpha value is -2.96. The molecule has 0 aliphatic rings. The van der Waals surface area contributed by atoms with Crippen molar-refractivity contribution in [3.05, 3.63) is 96.1 Å². The molecule has 1 amide bonds. The van der Waals surface area contributed by atoms with Crippen molar-refractivity contribution < 1.29 is 13.2 Å². The lowest BCUT2D eigenvalue weighted by Gasteiger charge is -2.19. The van der Waals surface area contributed by atoms with Gasteiger partial charge in [-0.2, -0.15) is 0 Å². The van der Waals surface area contributed by atoms with Gasteiger partial charge in [0.25, 0.3) is 0 Å². The van der Waals surface area contributed by atoms with Crippen LogP contribution in [0.1, 0.15) is 23.6 Å². The van der Waals surface area contributed by atoms with Crippen molar-refractivity contribution in [3.8, 4) is 0 Å². The van der Waals surface area contributed by atoms with Gasteiger partial charge in [0.2, 0.25) is 15.9 Å². The Kier molecular flexibility index (Phi) is 6.23. The third kappa shape index (κ3) is 5.28. The molecule has 3 aromatic carbocycles. The molecule has 1 unspecified atom stereocenters. The maximum absolute atomic E-state index is 12.8. The van der Waals surface area contributed by atoms with Crippen molar-refractivity contribution in [2.45, 2.75) is 24.3 Å². The van der Waals surface area contributed by atoms with Crippen LogP contribution in [0.15, 0.2) is 89.8 Å². The first-order chi connectivity index (χ1) is 13.4. The lowest BCUT2D eigenvalue weighted by molar-refractivity contribution is -0.116. The number of sulfonamides is 1. The molecule has 0 spiro atoms. The van der Waals surface area contributed by atoms with E-state index in [9.17, 15) is 13.2 Å².